The van der Waals surface area contributed by atoms with E-state index in [9.17, 15) is 0 Å². The Morgan fingerprint density at radius 3 is 3.18 bits per heavy atom. The molecule has 1 heterocycles. The monoisotopic (exact) mass is 230 g/mol. The molecule has 1 unspecified atom stereocenters. The highest BCUT2D eigenvalue weighted by molar-refractivity contribution is 5.90. The van der Waals surface area contributed by atoms with Crippen molar-refractivity contribution in [3.8, 4) is 0 Å². The molecule has 1 atom stereocenters. The van der Waals surface area contributed by atoms with E-state index >= 15 is 0 Å². The van der Waals surface area contributed by atoms with E-state index in [1.165, 1.54) is 29.7 Å². The molecule has 17 heavy (non-hydrogen) atoms. The van der Waals surface area contributed by atoms with Crippen LogP contribution >= 0.6 is 0 Å². The lowest BCUT2D eigenvalue weighted by molar-refractivity contribution is 0.346. The third-order valence-corrected chi connectivity index (χ3v) is 3.63. The number of anilines is 1. The molecular formula is C14H18N2O. The molecule has 0 saturated carbocycles. The van der Waals surface area contributed by atoms with Crippen LogP contribution in [0.2, 0.25) is 0 Å². The van der Waals surface area contributed by atoms with Gasteiger partial charge in [-0.25, -0.2) is 4.99 Å². The summed E-state index contributed by atoms with van der Waals surface area (Å²) in [6.07, 6.45) is 3.74. The van der Waals surface area contributed by atoms with Crippen molar-refractivity contribution in [1.82, 2.24) is 0 Å². The van der Waals surface area contributed by atoms with Crippen molar-refractivity contribution in [2.75, 3.05) is 18.5 Å². The number of nitrogens with one attached hydrogen (secondary N) is 1. The fourth-order valence-electron chi connectivity index (χ4n) is 2.73. The summed E-state index contributed by atoms with van der Waals surface area (Å²) >= 11 is 0. The van der Waals surface area contributed by atoms with Crippen LogP contribution in [0, 0.1) is 0 Å². The van der Waals surface area contributed by atoms with Crippen LogP contribution in [-0.4, -0.2) is 19.2 Å². The Bertz CT molecular complexity index is 454. The van der Waals surface area contributed by atoms with Crippen molar-refractivity contribution in [3.63, 3.8) is 0 Å². The van der Waals surface area contributed by atoms with Gasteiger partial charge in [-0.2, -0.15) is 0 Å². The molecule has 90 valence electrons. The van der Waals surface area contributed by atoms with Crippen molar-refractivity contribution < 1.29 is 4.74 Å². The molecule has 0 saturated heterocycles. The zero-order valence-corrected chi connectivity index (χ0v) is 10.2. The molecule has 3 rings (SSSR count). The molecule has 1 aliphatic heterocycles. The number of fused-ring (bicyclic) bond motifs is 1. The number of hydrogen-bond donors (Lipinski definition) is 1. The van der Waals surface area contributed by atoms with Gasteiger partial charge in [-0.3, -0.25) is 0 Å². The predicted octanol–water partition coefficient (Wildman–Crippen LogP) is 2.92. The van der Waals surface area contributed by atoms with E-state index in [0.717, 1.165) is 13.0 Å². The van der Waals surface area contributed by atoms with Gasteiger partial charge < -0.3 is 10.1 Å². The van der Waals surface area contributed by atoms with Crippen molar-refractivity contribution >= 4 is 11.7 Å². The van der Waals surface area contributed by atoms with E-state index in [-0.39, 0.29) is 0 Å². The van der Waals surface area contributed by atoms with Gasteiger partial charge in [0.15, 0.2) is 0 Å². The summed E-state index contributed by atoms with van der Waals surface area (Å²) < 4.78 is 5.41. The van der Waals surface area contributed by atoms with Crippen molar-refractivity contribution in [2.24, 2.45) is 4.99 Å². The van der Waals surface area contributed by atoms with Gasteiger partial charge in [0.25, 0.3) is 6.02 Å². The van der Waals surface area contributed by atoms with Crippen LogP contribution in [-0.2, 0) is 11.2 Å². The molecule has 0 spiro atoms. The van der Waals surface area contributed by atoms with Gasteiger partial charge in [-0.15, -0.1) is 0 Å². The minimum Gasteiger partial charge on any atom is -0.463 e. The maximum atomic E-state index is 5.41. The van der Waals surface area contributed by atoms with Crippen LogP contribution < -0.4 is 5.32 Å². The third kappa shape index (κ3) is 2.02. The highest BCUT2D eigenvalue weighted by atomic mass is 16.5. The largest absolute Gasteiger partial charge is 0.463 e. The highest BCUT2D eigenvalue weighted by Crippen LogP contribution is 2.35. The Morgan fingerprint density at radius 2 is 2.35 bits per heavy atom. The number of benzene rings is 1. The highest BCUT2D eigenvalue weighted by Gasteiger charge is 2.19. The molecule has 0 bridgehead atoms. The molecule has 0 aromatic heterocycles. The summed E-state index contributed by atoms with van der Waals surface area (Å²) in [5.41, 5.74) is 4.11. The summed E-state index contributed by atoms with van der Waals surface area (Å²) in [7, 11) is 0. The Labute approximate surface area is 102 Å². The molecule has 3 nitrogen and oxygen atoms in total. The maximum absolute atomic E-state index is 5.41. The van der Waals surface area contributed by atoms with E-state index in [0.29, 0.717) is 18.5 Å². The van der Waals surface area contributed by atoms with Crippen molar-refractivity contribution in [1.29, 1.82) is 0 Å². The first kappa shape index (κ1) is 10.6. The molecule has 3 heteroatoms. The number of aliphatic imine (C=N–C) groups is 1. The number of nitrogens with zero attached hydrogens (tertiary/aromatic N) is 1. The minimum atomic E-state index is 0.673. The Kier molecular flexibility index (Phi) is 2.75. The Morgan fingerprint density at radius 1 is 1.41 bits per heavy atom. The first-order valence-corrected chi connectivity index (χ1v) is 6.40. The predicted molar refractivity (Wildman–Crippen MR) is 69.7 cm³/mol. The first-order valence-electron chi connectivity index (χ1n) is 6.40. The van der Waals surface area contributed by atoms with Crippen LogP contribution in [0.1, 0.15) is 36.8 Å². The smallest absolute Gasteiger partial charge is 0.289 e. The standard InChI is InChI=1S/C14H18N2O/c1-10-4-2-6-12-11(10)5-3-7-13(12)16-14-15-8-9-17-14/h3,5,7,10H,2,4,6,8-9H2,1H3,(H,15,16). The summed E-state index contributed by atoms with van der Waals surface area (Å²) in [6, 6.07) is 7.18. The fourth-order valence-corrected chi connectivity index (χ4v) is 2.73. The van der Waals surface area contributed by atoms with Crippen LogP contribution in [0.15, 0.2) is 23.2 Å². The topological polar surface area (TPSA) is 33.6 Å². The molecule has 1 aromatic carbocycles. The first-order chi connectivity index (χ1) is 8.34. The average molecular weight is 230 g/mol. The SMILES string of the molecule is CC1CCCc2c(NC3=NCCO3)cccc21. The number of amidine groups is 1. The molecule has 0 amide bonds. The van der Waals surface area contributed by atoms with Gasteiger partial charge in [0.05, 0.1) is 6.54 Å². The summed E-state index contributed by atoms with van der Waals surface area (Å²) in [6.45, 7) is 3.78. The van der Waals surface area contributed by atoms with E-state index in [1.54, 1.807) is 0 Å². The minimum absolute atomic E-state index is 0.673. The van der Waals surface area contributed by atoms with Crippen molar-refractivity contribution in [2.45, 2.75) is 32.1 Å². The van der Waals surface area contributed by atoms with Crippen LogP contribution in [0.4, 0.5) is 5.69 Å². The van der Waals surface area contributed by atoms with E-state index in [2.05, 4.69) is 35.4 Å². The fraction of sp³-hybridized carbons (Fsp3) is 0.500. The van der Waals surface area contributed by atoms with Crippen LogP contribution in [0.3, 0.4) is 0 Å². The lowest BCUT2D eigenvalue weighted by Gasteiger charge is -2.24. The quantitative estimate of drug-likeness (QED) is 0.804. The van der Waals surface area contributed by atoms with Crippen LogP contribution in [0.5, 0.6) is 0 Å². The molecule has 1 aromatic rings. The molecule has 1 aliphatic carbocycles. The molecular weight excluding hydrogens is 212 g/mol. The second kappa shape index (κ2) is 4.40. The van der Waals surface area contributed by atoms with Crippen molar-refractivity contribution in [3.05, 3.63) is 29.3 Å². The summed E-state index contributed by atoms with van der Waals surface area (Å²) in [4.78, 5) is 4.28. The van der Waals surface area contributed by atoms with E-state index < -0.39 is 0 Å². The normalized spacial score (nSPS) is 22.6. The van der Waals surface area contributed by atoms with Gasteiger partial charge in [0.1, 0.15) is 6.61 Å². The van der Waals surface area contributed by atoms with Gasteiger partial charge in [0, 0.05) is 5.69 Å². The lowest BCUT2D eigenvalue weighted by Crippen LogP contribution is -2.16. The zero-order valence-electron chi connectivity index (χ0n) is 10.2. The van der Waals surface area contributed by atoms with Crippen LogP contribution in [0.25, 0.3) is 0 Å². The molecule has 1 N–H and O–H groups in total. The average Bonchev–Trinajstić information content (AvgIpc) is 2.83. The maximum Gasteiger partial charge on any atom is 0.289 e. The number of hydrogen-bond acceptors (Lipinski definition) is 3. The number of rotatable bonds is 1. The molecule has 0 fully saturated rings. The molecule has 2 aliphatic rings. The second-order valence-electron chi connectivity index (χ2n) is 4.83. The molecule has 0 radical (unpaired) electrons. The summed E-state index contributed by atoms with van der Waals surface area (Å²) in [5, 5.41) is 3.32. The zero-order chi connectivity index (χ0) is 11.7. The van der Waals surface area contributed by atoms with Gasteiger partial charge in [-0.1, -0.05) is 19.1 Å². The Balaban J connectivity index is 1.91. The summed E-state index contributed by atoms with van der Waals surface area (Å²) in [5.74, 6) is 0.673. The van der Waals surface area contributed by atoms with E-state index in [4.69, 9.17) is 4.74 Å². The Hall–Kier alpha value is -1.51. The van der Waals surface area contributed by atoms with E-state index in [1.807, 2.05) is 0 Å². The van der Waals surface area contributed by atoms with Gasteiger partial charge in [0.2, 0.25) is 0 Å². The van der Waals surface area contributed by atoms with Gasteiger partial charge in [-0.05, 0) is 42.4 Å². The lowest BCUT2D eigenvalue weighted by atomic mass is 9.83. The number of ether oxygens (including phenoxy) is 1. The second-order valence-corrected chi connectivity index (χ2v) is 4.83. The van der Waals surface area contributed by atoms with Gasteiger partial charge >= 0.3 is 0 Å². The third-order valence-electron chi connectivity index (χ3n) is 3.63.